The van der Waals surface area contributed by atoms with E-state index in [-0.39, 0.29) is 22.4 Å². The van der Waals surface area contributed by atoms with Gasteiger partial charge in [-0.3, -0.25) is 4.79 Å². The maximum atomic E-state index is 11.5. The molecule has 3 N–H and O–H groups in total. The van der Waals surface area contributed by atoms with Crippen LogP contribution in [0.3, 0.4) is 0 Å². The smallest absolute Gasteiger partial charge is 0.221 e. The number of H-pyrrole nitrogens is 1. The van der Waals surface area contributed by atoms with E-state index in [1.807, 2.05) is 48.5 Å². The van der Waals surface area contributed by atoms with Crippen LogP contribution in [-0.2, 0) is 18.0 Å². The third-order valence-electron chi connectivity index (χ3n) is 4.05. The second kappa shape index (κ2) is 7.95. The highest BCUT2D eigenvalue weighted by Crippen LogP contribution is 2.29. The van der Waals surface area contributed by atoms with E-state index in [0.717, 1.165) is 31.9 Å². The average molecular weight is 429 g/mol. The number of fused-ring (bicyclic) bond motifs is 2. The Labute approximate surface area is 165 Å². The molecule has 0 atom stereocenters. The van der Waals surface area contributed by atoms with Crippen LogP contribution in [0.25, 0.3) is 20.8 Å². The summed E-state index contributed by atoms with van der Waals surface area (Å²) in [6.07, 6.45) is 0. The highest BCUT2D eigenvalue weighted by Gasteiger charge is 2.15. The van der Waals surface area contributed by atoms with Gasteiger partial charge in [0.1, 0.15) is 9.58 Å². The molecule has 2 aliphatic rings. The molecule has 4 nitrogen and oxygen atoms in total. The number of aromatic nitrogens is 1. The summed E-state index contributed by atoms with van der Waals surface area (Å²) in [5.41, 5.74) is 10.9. The molecule has 0 saturated heterocycles. The second-order valence-corrected chi connectivity index (χ2v) is 6.99. The van der Waals surface area contributed by atoms with Gasteiger partial charge >= 0.3 is 0 Å². The van der Waals surface area contributed by atoms with Crippen LogP contribution in [-0.4, -0.2) is 0 Å². The lowest BCUT2D eigenvalue weighted by Gasteiger charge is -2.08. The number of nitrogens with two attached hydrogens (primary N) is 1. The number of nitrogens with one attached hydrogen (secondary N) is 1. The summed E-state index contributed by atoms with van der Waals surface area (Å²) in [4.78, 5) is 15.8. The molecular formula is C20H17BrN2O2S. The first kappa shape index (κ1) is 18.5. The minimum Gasteiger partial charge on any atom is -1.00 e. The minimum absolute atomic E-state index is 0. The van der Waals surface area contributed by atoms with Crippen molar-refractivity contribution in [2.24, 2.45) is 0 Å². The standard InChI is InChI=1S/C20H16N2O2S.BrH/c21-16-10-20-18(22-17-7-6-15(23)9-19(17)25-20)8-14(16)12-24-11-13-4-2-1-3-5-13;/h1-10H,11-12,21H2;1H. The van der Waals surface area contributed by atoms with Crippen molar-refractivity contribution in [1.29, 1.82) is 0 Å². The van der Waals surface area contributed by atoms with Crippen molar-refractivity contribution < 1.29 is 26.7 Å². The number of benzene rings is 3. The molecule has 1 aliphatic carbocycles. The third-order valence-corrected chi connectivity index (χ3v) is 5.17. The zero-order valence-corrected chi connectivity index (χ0v) is 16.3. The number of rotatable bonds is 4. The average Bonchev–Trinajstić information content (AvgIpc) is 2.61. The number of halogens is 1. The van der Waals surface area contributed by atoms with E-state index < -0.39 is 0 Å². The lowest BCUT2D eigenvalue weighted by atomic mass is 10.1. The fourth-order valence-corrected chi connectivity index (χ4v) is 3.80. The molecule has 1 aliphatic heterocycles. The molecule has 0 saturated carbocycles. The molecule has 0 amide bonds. The van der Waals surface area contributed by atoms with Gasteiger partial charge in [-0.15, -0.1) is 11.3 Å². The van der Waals surface area contributed by atoms with Crippen LogP contribution >= 0.6 is 11.3 Å². The van der Waals surface area contributed by atoms with Crippen LogP contribution in [0.5, 0.6) is 0 Å². The number of anilines is 1. The van der Waals surface area contributed by atoms with E-state index in [1.165, 1.54) is 0 Å². The van der Waals surface area contributed by atoms with E-state index >= 15 is 0 Å². The minimum atomic E-state index is 0. The summed E-state index contributed by atoms with van der Waals surface area (Å²) >= 11 is 1.56. The zero-order valence-electron chi connectivity index (χ0n) is 13.9. The highest BCUT2D eigenvalue weighted by molar-refractivity contribution is 7.21. The van der Waals surface area contributed by atoms with Crippen LogP contribution in [0.1, 0.15) is 11.1 Å². The summed E-state index contributed by atoms with van der Waals surface area (Å²) in [6.45, 7) is 1.00. The second-order valence-electron chi connectivity index (χ2n) is 5.91. The van der Waals surface area contributed by atoms with Crippen LogP contribution in [0.2, 0.25) is 0 Å². The summed E-state index contributed by atoms with van der Waals surface area (Å²) in [5.74, 6) is 0. The maximum absolute atomic E-state index is 11.5. The van der Waals surface area contributed by atoms with E-state index in [9.17, 15) is 4.79 Å². The maximum Gasteiger partial charge on any atom is 0.221 e. The third kappa shape index (κ3) is 3.93. The number of nitrogen functional groups attached to an aromatic ring is 1. The first-order valence-electron chi connectivity index (χ1n) is 7.99. The summed E-state index contributed by atoms with van der Waals surface area (Å²) in [6, 6.07) is 19.0. The fourth-order valence-electron chi connectivity index (χ4n) is 2.75. The Balaban J connectivity index is 0.00000196. The lowest BCUT2D eigenvalue weighted by Crippen LogP contribution is -3.00. The predicted octanol–water partition coefficient (Wildman–Crippen LogP) is 0.483. The summed E-state index contributed by atoms with van der Waals surface area (Å²) in [7, 11) is 0. The largest absolute Gasteiger partial charge is 1.00 e. The SMILES string of the molecule is Nc1cc2sc3cc(=O)ccc-3[nH+]c2cc1COCc1ccccc1.[Br-]. The van der Waals surface area contributed by atoms with Gasteiger partial charge in [-0.2, -0.15) is 0 Å². The van der Waals surface area contributed by atoms with Crippen molar-refractivity contribution in [3.05, 3.63) is 82.0 Å². The Morgan fingerprint density at radius 3 is 2.62 bits per heavy atom. The Morgan fingerprint density at radius 1 is 1.00 bits per heavy atom. The van der Waals surface area contributed by atoms with Crippen molar-refractivity contribution in [2.75, 3.05) is 5.73 Å². The number of aromatic amines is 1. The molecule has 0 radical (unpaired) electrons. The molecule has 26 heavy (non-hydrogen) atoms. The van der Waals surface area contributed by atoms with Gasteiger partial charge in [0, 0.05) is 29.4 Å². The van der Waals surface area contributed by atoms with E-state index in [2.05, 4.69) is 4.98 Å². The molecule has 6 heteroatoms. The van der Waals surface area contributed by atoms with Gasteiger partial charge in [-0.05, 0) is 17.7 Å². The summed E-state index contributed by atoms with van der Waals surface area (Å²) in [5, 5.41) is 0. The number of ether oxygens (including phenoxy) is 1. The van der Waals surface area contributed by atoms with Crippen molar-refractivity contribution in [2.45, 2.75) is 13.2 Å². The Morgan fingerprint density at radius 2 is 1.81 bits per heavy atom. The number of hydrogen-bond acceptors (Lipinski definition) is 4. The van der Waals surface area contributed by atoms with Gasteiger partial charge in [-0.25, -0.2) is 4.98 Å². The van der Waals surface area contributed by atoms with Crippen molar-refractivity contribution >= 4 is 27.2 Å². The van der Waals surface area contributed by atoms with E-state index in [4.69, 9.17) is 10.5 Å². The molecule has 0 spiro atoms. The molecule has 1 heterocycles. The molecular weight excluding hydrogens is 412 g/mol. The van der Waals surface area contributed by atoms with E-state index in [0.29, 0.717) is 18.9 Å². The van der Waals surface area contributed by atoms with Crippen LogP contribution < -0.4 is 33.1 Å². The Hall–Kier alpha value is -2.28. The monoisotopic (exact) mass is 428 g/mol. The van der Waals surface area contributed by atoms with Crippen molar-refractivity contribution in [3.63, 3.8) is 0 Å². The Kier molecular flexibility index (Phi) is 5.66. The first-order valence-corrected chi connectivity index (χ1v) is 8.81. The number of hydrogen-bond donors (Lipinski definition) is 1. The molecule has 0 fully saturated rings. The molecule has 0 aromatic heterocycles. The van der Waals surface area contributed by atoms with Crippen molar-refractivity contribution in [3.8, 4) is 10.6 Å². The quantitative estimate of drug-likeness (QED) is 0.379. The molecule has 2 aromatic rings. The van der Waals surface area contributed by atoms with Gasteiger partial charge < -0.3 is 27.5 Å². The van der Waals surface area contributed by atoms with Crippen LogP contribution in [0.15, 0.2) is 65.5 Å². The molecule has 0 unspecified atom stereocenters. The van der Waals surface area contributed by atoms with Gasteiger partial charge in [0.25, 0.3) is 0 Å². The van der Waals surface area contributed by atoms with E-state index in [1.54, 1.807) is 23.5 Å². The Bertz CT molecular complexity index is 1070. The lowest BCUT2D eigenvalue weighted by molar-refractivity contribution is -0.330. The van der Waals surface area contributed by atoms with Crippen molar-refractivity contribution in [1.82, 2.24) is 0 Å². The molecule has 0 bridgehead atoms. The molecule has 2 aromatic carbocycles. The topological polar surface area (TPSA) is 66.5 Å². The van der Waals surface area contributed by atoms with Gasteiger partial charge in [0.15, 0.2) is 5.43 Å². The van der Waals surface area contributed by atoms with Crippen LogP contribution in [0.4, 0.5) is 5.69 Å². The fraction of sp³-hybridized carbons (Fsp3) is 0.100. The van der Waals surface area contributed by atoms with Gasteiger partial charge in [-0.1, -0.05) is 30.3 Å². The molecule has 4 rings (SSSR count). The van der Waals surface area contributed by atoms with Gasteiger partial charge in [0.2, 0.25) is 11.2 Å². The zero-order chi connectivity index (χ0) is 17.2. The highest BCUT2D eigenvalue weighted by atomic mass is 79.9. The van der Waals surface area contributed by atoms with Crippen LogP contribution in [0, 0.1) is 0 Å². The summed E-state index contributed by atoms with van der Waals surface area (Å²) < 4.78 is 6.82. The first-order chi connectivity index (χ1) is 12.2. The normalized spacial score (nSPS) is 10.8. The predicted molar refractivity (Wildman–Crippen MR) is 101 cm³/mol. The van der Waals surface area contributed by atoms with Gasteiger partial charge in [0.05, 0.1) is 13.2 Å². The molecule has 132 valence electrons.